The van der Waals surface area contributed by atoms with E-state index in [4.69, 9.17) is 4.74 Å². The Bertz CT molecular complexity index is 1250. The lowest BCUT2D eigenvalue weighted by molar-refractivity contribution is -0.0509. The number of rotatable bonds is 6. The smallest absolute Gasteiger partial charge is 0.462 e. The summed E-state index contributed by atoms with van der Waals surface area (Å²) in [6.45, 7) is 7.72. The van der Waals surface area contributed by atoms with Crippen LogP contribution < -0.4 is 0 Å². The van der Waals surface area contributed by atoms with E-state index in [-0.39, 0.29) is 12.4 Å². The van der Waals surface area contributed by atoms with Crippen molar-refractivity contribution in [3.63, 3.8) is 0 Å². The molecule has 0 spiro atoms. The van der Waals surface area contributed by atoms with Gasteiger partial charge in [0.25, 0.3) is 0 Å². The molecule has 1 aliphatic carbocycles. The monoisotopic (exact) mass is 494 g/mol. The molecule has 2 aromatic carbocycles. The highest BCUT2D eigenvalue weighted by atomic mass is 32.2. The van der Waals surface area contributed by atoms with Crippen LogP contribution in [0.15, 0.2) is 42.5 Å². The molecule has 0 saturated heterocycles. The summed E-state index contributed by atoms with van der Waals surface area (Å²) in [5.41, 5.74) is -2.18. The second-order valence-electron chi connectivity index (χ2n) is 8.57. The Kier molecular flexibility index (Phi) is 6.98. The second-order valence-corrected chi connectivity index (χ2v) is 10.1. The molecule has 1 aliphatic rings. The molecule has 0 unspecified atom stereocenters. The maximum absolute atomic E-state index is 12.9. The van der Waals surface area contributed by atoms with Gasteiger partial charge in [0, 0.05) is 5.56 Å². The molecule has 182 valence electrons. The minimum absolute atomic E-state index is 0.277. The van der Waals surface area contributed by atoms with Gasteiger partial charge in [0.1, 0.15) is 5.76 Å². The van der Waals surface area contributed by atoms with Gasteiger partial charge in [-0.1, -0.05) is 44.2 Å². The molecule has 0 aromatic heterocycles. The van der Waals surface area contributed by atoms with Crippen molar-refractivity contribution in [2.24, 2.45) is 0 Å². The molecule has 0 bridgehead atoms. The van der Waals surface area contributed by atoms with E-state index in [0.717, 1.165) is 11.1 Å². The van der Waals surface area contributed by atoms with Gasteiger partial charge in [0.2, 0.25) is 0 Å². The van der Waals surface area contributed by atoms with Crippen molar-refractivity contribution >= 4 is 34.0 Å². The Morgan fingerprint density at radius 2 is 1.76 bits per heavy atom. The van der Waals surface area contributed by atoms with Crippen molar-refractivity contribution in [3.8, 4) is 0 Å². The zero-order chi connectivity index (χ0) is 25.3. The molecule has 34 heavy (non-hydrogen) atoms. The fraction of sp³-hybridized carbons (Fsp3) is 0.320. The standard InChI is InChI=1S/C25H25F3O5S/c1-5-32-23(29)18-9-6-17(7-10-18)8-11-19-15-20-21(14-16(19)2)24(3,4)13-12-22(20)33-34(30,31)25(26,27)28/h6-12,14-15H,5,13H2,1-4H3. The second kappa shape index (κ2) is 9.29. The van der Waals surface area contributed by atoms with Crippen molar-refractivity contribution < 1.29 is 35.3 Å². The first-order valence-corrected chi connectivity index (χ1v) is 12.0. The van der Waals surface area contributed by atoms with Crippen molar-refractivity contribution in [1.82, 2.24) is 0 Å². The number of hydrogen-bond donors (Lipinski definition) is 0. The first-order chi connectivity index (χ1) is 15.7. The van der Waals surface area contributed by atoms with Crippen LogP contribution in [0.25, 0.3) is 17.9 Å². The minimum atomic E-state index is -5.80. The summed E-state index contributed by atoms with van der Waals surface area (Å²) in [5.74, 6) is -0.751. The Hall–Kier alpha value is -3.07. The lowest BCUT2D eigenvalue weighted by Gasteiger charge is -2.32. The number of esters is 1. The van der Waals surface area contributed by atoms with Gasteiger partial charge < -0.3 is 8.92 Å². The van der Waals surface area contributed by atoms with Crippen LogP contribution in [-0.2, 0) is 24.5 Å². The van der Waals surface area contributed by atoms with Crippen LogP contribution in [0.5, 0.6) is 0 Å². The van der Waals surface area contributed by atoms with Gasteiger partial charge in [-0.2, -0.15) is 21.6 Å². The minimum Gasteiger partial charge on any atom is -0.462 e. The molecule has 0 heterocycles. The number of carbonyl (C=O) groups excluding carboxylic acids is 1. The summed E-state index contributed by atoms with van der Waals surface area (Å²) >= 11 is 0. The molecule has 0 amide bonds. The summed E-state index contributed by atoms with van der Waals surface area (Å²) in [7, 11) is -5.80. The van der Waals surface area contributed by atoms with E-state index >= 15 is 0 Å². The van der Waals surface area contributed by atoms with Crippen LogP contribution in [-0.4, -0.2) is 26.5 Å². The quantitative estimate of drug-likeness (QED) is 0.206. The highest BCUT2D eigenvalue weighted by molar-refractivity contribution is 7.87. The molecule has 0 radical (unpaired) electrons. The number of halogens is 3. The number of alkyl halides is 3. The third kappa shape index (κ3) is 5.35. The number of hydrogen-bond acceptors (Lipinski definition) is 5. The Balaban J connectivity index is 1.96. The molecule has 0 fully saturated rings. The molecule has 0 saturated carbocycles. The molecular weight excluding hydrogens is 469 g/mol. The summed E-state index contributed by atoms with van der Waals surface area (Å²) < 4.78 is 71.5. The van der Waals surface area contributed by atoms with E-state index in [2.05, 4.69) is 4.18 Å². The van der Waals surface area contributed by atoms with Crippen LogP contribution in [0.4, 0.5) is 13.2 Å². The van der Waals surface area contributed by atoms with Crippen molar-refractivity contribution in [3.05, 3.63) is 75.9 Å². The van der Waals surface area contributed by atoms with E-state index in [1.165, 1.54) is 6.08 Å². The summed E-state index contributed by atoms with van der Waals surface area (Å²) in [4.78, 5) is 11.8. The van der Waals surface area contributed by atoms with Gasteiger partial charge in [-0.25, -0.2) is 4.79 Å². The Labute approximate surface area is 197 Å². The normalized spacial score (nSPS) is 15.6. The summed E-state index contributed by atoms with van der Waals surface area (Å²) in [6.07, 6.45) is 5.26. The molecule has 0 atom stereocenters. The van der Waals surface area contributed by atoms with Gasteiger partial charge in [-0.05, 0) is 72.2 Å². The number of benzene rings is 2. The largest absolute Gasteiger partial charge is 0.534 e. The topological polar surface area (TPSA) is 69.7 Å². The van der Waals surface area contributed by atoms with Crippen molar-refractivity contribution in [1.29, 1.82) is 0 Å². The highest BCUT2D eigenvalue weighted by Gasteiger charge is 2.49. The lowest BCUT2D eigenvalue weighted by atomic mass is 9.74. The van der Waals surface area contributed by atoms with E-state index in [0.29, 0.717) is 28.7 Å². The predicted molar refractivity (Wildman–Crippen MR) is 124 cm³/mol. The number of allylic oxidation sites excluding steroid dienone is 1. The van der Waals surface area contributed by atoms with Crippen LogP contribution in [0.2, 0.25) is 0 Å². The number of aryl methyl sites for hydroxylation is 1. The molecule has 2 aromatic rings. The van der Waals surface area contributed by atoms with Crippen LogP contribution in [0.1, 0.15) is 65.4 Å². The van der Waals surface area contributed by atoms with Crippen LogP contribution in [0, 0.1) is 6.92 Å². The first kappa shape index (κ1) is 25.6. The van der Waals surface area contributed by atoms with Crippen molar-refractivity contribution in [2.75, 3.05) is 6.61 Å². The van der Waals surface area contributed by atoms with Gasteiger partial charge >= 0.3 is 21.6 Å². The Morgan fingerprint density at radius 3 is 2.35 bits per heavy atom. The molecule has 0 N–H and O–H groups in total. The van der Waals surface area contributed by atoms with Gasteiger partial charge in [0.05, 0.1) is 12.2 Å². The van der Waals surface area contributed by atoms with E-state index in [9.17, 15) is 26.4 Å². The number of ether oxygens (including phenoxy) is 1. The molecule has 3 rings (SSSR count). The molecule has 0 aliphatic heterocycles. The van der Waals surface area contributed by atoms with Gasteiger partial charge in [0.15, 0.2) is 0 Å². The van der Waals surface area contributed by atoms with E-state index < -0.39 is 27.0 Å². The lowest BCUT2D eigenvalue weighted by Crippen LogP contribution is -2.28. The average molecular weight is 495 g/mol. The third-order valence-corrected chi connectivity index (χ3v) is 6.52. The Morgan fingerprint density at radius 1 is 1.12 bits per heavy atom. The molecule has 5 nitrogen and oxygen atoms in total. The summed E-state index contributed by atoms with van der Waals surface area (Å²) in [6, 6.07) is 10.2. The zero-order valence-corrected chi connectivity index (χ0v) is 20.0. The number of fused-ring (bicyclic) bond motifs is 1. The summed E-state index contributed by atoms with van der Waals surface area (Å²) in [5, 5.41) is 0. The third-order valence-electron chi connectivity index (χ3n) is 5.56. The van der Waals surface area contributed by atoms with Gasteiger partial charge in [-0.3, -0.25) is 0 Å². The molecular formula is C25H25F3O5S. The average Bonchev–Trinajstić information content (AvgIpc) is 2.74. The van der Waals surface area contributed by atoms with Crippen molar-refractivity contribution in [2.45, 2.75) is 45.0 Å². The van der Waals surface area contributed by atoms with E-state index in [1.54, 1.807) is 49.4 Å². The highest BCUT2D eigenvalue weighted by Crippen LogP contribution is 2.42. The van der Waals surface area contributed by atoms with Crippen LogP contribution >= 0.6 is 0 Å². The maximum atomic E-state index is 12.9. The maximum Gasteiger partial charge on any atom is 0.534 e. The molecule has 9 heteroatoms. The van der Waals surface area contributed by atoms with Gasteiger partial charge in [-0.15, -0.1) is 0 Å². The van der Waals surface area contributed by atoms with E-state index in [1.807, 2.05) is 26.8 Å². The first-order valence-electron chi connectivity index (χ1n) is 10.6. The fourth-order valence-electron chi connectivity index (χ4n) is 3.61. The fourth-order valence-corrected chi connectivity index (χ4v) is 4.10. The van der Waals surface area contributed by atoms with Crippen LogP contribution in [0.3, 0.4) is 0 Å². The zero-order valence-electron chi connectivity index (χ0n) is 19.2. The predicted octanol–water partition coefficient (Wildman–Crippen LogP) is 6.23. The number of carbonyl (C=O) groups is 1. The SMILES string of the molecule is CCOC(=O)c1ccc(C=Cc2cc3c(cc2C)C(C)(C)CC=C3OS(=O)(=O)C(F)(F)F)cc1.